The van der Waals surface area contributed by atoms with E-state index >= 15 is 0 Å². The minimum absolute atomic E-state index is 0.322. The Hall–Kier alpha value is -2.50. The molecule has 0 fully saturated rings. The van der Waals surface area contributed by atoms with Crippen LogP contribution in [0.25, 0.3) is 5.57 Å². The van der Waals surface area contributed by atoms with Gasteiger partial charge in [-0.3, -0.25) is 9.59 Å². The van der Waals surface area contributed by atoms with Crippen molar-refractivity contribution in [2.24, 2.45) is 0 Å². The first kappa shape index (κ1) is 14.9. The number of imide groups is 1. The Labute approximate surface area is 122 Å². The summed E-state index contributed by atoms with van der Waals surface area (Å²) in [7, 11) is 3.01. The van der Waals surface area contributed by atoms with Crippen LogP contribution in [0.1, 0.15) is 19.4 Å². The van der Waals surface area contributed by atoms with Crippen LogP contribution in [0.3, 0.4) is 0 Å². The van der Waals surface area contributed by atoms with Gasteiger partial charge in [0.2, 0.25) is 5.91 Å². The number of rotatable bonds is 4. The van der Waals surface area contributed by atoms with Gasteiger partial charge in [-0.25, -0.2) is 4.90 Å². The second kappa shape index (κ2) is 5.87. The molecule has 1 aliphatic heterocycles. The van der Waals surface area contributed by atoms with Crippen LogP contribution in [0.15, 0.2) is 18.4 Å². The van der Waals surface area contributed by atoms with Crippen LogP contribution in [-0.2, 0) is 14.3 Å². The van der Waals surface area contributed by atoms with E-state index in [0.717, 1.165) is 4.90 Å². The fourth-order valence-corrected chi connectivity index (χ4v) is 2.21. The molecule has 1 heterocycles. The Kier molecular flexibility index (Phi) is 4.16. The number of hydrogen-bond donors (Lipinski definition) is 0. The monoisotopic (exact) mass is 291 g/mol. The molecule has 2 amide bonds. The quantitative estimate of drug-likeness (QED) is 0.627. The molecule has 6 nitrogen and oxygen atoms in total. The van der Waals surface area contributed by atoms with Gasteiger partial charge in [0.15, 0.2) is 11.5 Å². The number of fused-ring (bicyclic) bond motifs is 1. The molecule has 0 bridgehead atoms. The van der Waals surface area contributed by atoms with Crippen molar-refractivity contribution in [1.29, 1.82) is 0 Å². The lowest BCUT2D eigenvalue weighted by Crippen LogP contribution is -2.31. The molecule has 112 valence electrons. The van der Waals surface area contributed by atoms with Crippen LogP contribution in [0.4, 0.5) is 5.69 Å². The van der Waals surface area contributed by atoms with E-state index in [0.29, 0.717) is 34.9 Å². The molecule has 0 unspecified atom stereocenters. The van der Waals surface area contributed by atoms with Crippen LogP contribution >= 0.6 is 0 Å². The van der Waals surface area contributed by atoms with Crippen molar-refractivity contribution in [3.8, 4) is 11.5 Å². The third kappa shape index (κ3) is 2.44. The van der Waals surface area contributed by atoms with Crippen LogP contribution in [-0.4, -0.2) is 32.6 Å². The minimum Gasteiger partial charge on any atom is -0.501 e. The first-order valence-corrected chi connectivity index (χ1v) is 6.48. The van der Waals surface area contributed by atoms with Gasteiger partial charge in [0, 0.05) is 18.6 Å². The summed E-state index contributed by atoms with van der Waals surface area (Å²) in [5, 5.41) is 0. The molecule has 0 atom stereocenters. The molecule has 0 spiro atoms. The van der Waals surface area contributed by atoms with Gasteiger partial charge in [0.25, 0.3) is 5.91 Å². The van der Waals surface area contributed by atoms with Gasteiger partial charge in [-0.1, -0.05) is 0 Å². The van der Waals surface area contributed by atoms with Crippen LogP contribution in [0, 0.1) is 0 Å². The molecule has 1 aromatic carbocycles. The second-order valence-electron chi connectivity index (χ2n) is 4.37. The zero-order valence-corrected chi connectivity index (χ0v) is 12.4. The Morgan fingerprint density at radius 1 is 1.24 bits per heavy atom. The molecule has 1 aromatic rings. The molecule has 2 rings (SSSR count). The molecule has 1 aliphatic rings. The molecule has 0 saturated heterocycles. The molecule has 0 N–H and O–H groups in total. The highest BCUT2D eigenvalue weighted by molar-refractivity contribution is 6.39. The molecule has 0 aliphatic carbocycles. The van der Waals surface area contributed by atoms with Crippen molar-refractivity contribution in [1.82, 2.24) is 0 Å². The summed E-state index contributed by atoms with van der Waals surface area (Å²) in [6, 6.07) is 3.28. The maximum Gasteiger partial charge on any atom is 0.268 e. The van der Waals surface area contributed by atoms with Gasteiger partial charge in [-0.05, 0) is 13.0 Å². The predicted octanol–water partition coefficient (Wildman–Crippen LogP) is 1.97. The lowest BCUT2D eigenvalue weighted by atomic mass is 10.1. The van der Waals surface area contributed by atoms with E-state index in [1.54, 1.807) is 12.1 Å². The average Bonchev–Trinajstić information content (AvgIpc) is 2.74. The number of hydrogen-bond acceptors (Lipinski definition) is 5. The highest BCUT2D eigenvalue weighted by Crippen LogP contribution is 2.43. The summed E-state index contributed by atoms with van der Waals surface area (Å²) in [4.78, 5) is 25.2. The van der Waals surface area contributed by atoms with Gasteiger partial charge in [-0.15, -0.1) is 0 Å². The fraction of sp³-hybridized carbons (Fsp3) is 0.333. The molecule has 0 radical (unpaired) electrons. The first-order valence-electron chi connectivity index (χ1n) is 6.48. The number of ether oxygens (including phenoxy) is 3. The number of nitrogens with zero attached hydrogens (tertiary/aromatic N) is 1. The topological polar surface area (TPSA) is 65.1 Å². The van der Waals surface area contributed by atoms with E-state index in [1.807, 2.05) is 6.92 Å². The van der Waals surface area contributed by atoms with Gasteiger partial charge >= 0.3 is 0 Å². The Balaban J connectivity index is 2.65. The predicted molar refractivity (Wildman–Crippen MR) is 77.3 cm³/mol. The van der Waals surface area contributed by atoms with Crippen LogP contribution < -0.4 is 14.4 Å². The standard InChI is InChI=1S/C15H17NO5/c1-5-21-8-11-10-6-13(19-3)14(20-4)7-12(10)16(9(2)17)15(11)18/h6-8H,5H2,1-4H3/b11-8+. The third-order valence-corrected chi connectivity index (χ3v) is 3.15. The average molecular weight is 291 g/mol. The Bertz CT molecular complexity index is 621. The lowest BCUT2D eigenvalue weighted by molar-refractivity contribution is -0.122. The molecule has 6 heteroatoms. The molecular formula is C15H17NO5. The summed E-state index contributed by atoms with van der Waals surface area (Å²) in [5.74, 6) is 0.152. The summed E-state index contributed by atoms with van der Waals surface area (Å²) in [6.07, 6.45) is 1.37. The van der Waals surface area contributed by atoms with Crippen LogP contribution in [0.5, 0.6) is 11.5 Å². The van der Waals surface area contributed by atoms with Crippen molar-refractivity contribution < 1.29 is 23.8 Å². The van der Waals surface area contributed by atoms with Crippen LogP contribution in [0.2, 0.25) is 0 Å². The zero-order chi connectivity index (χ0) is 15.6. The maximum atomic E-state index is 12.4. The molecule has 0 aromatic heterocycles. The van der Waals surface area contributed by atoms with E-state index in [-0.39, 0.29) is 5.91 Å². The maximum absolute atomic E-state index is 12.4. The van der Waals surface area contributed by atoms with E-state index in [9.17, 15) is 9.59 Å². The minimum atomic E-state index is -0.416. The SMILES string of the molecule is CCO/C=C1/C(=O)N(C(C)=O)c2cc(OC)c(OC)cc21. The van der Waals surface area contributed by atoms with E-state index < -0.39 is 5.91 Å². The van der Waals surface area contributed by atoms with E-state index in [2.05, 4.69) is 0 Å². The number of benzene rings is 1. The first-order chi connectivity index (χ1) is 10.0. The Morgan fingerprint density at radius 3 is 2.38 bits per heavy atom. The summed E-state index contributed by atoms with van der Waals surface area (Å²) in [5.41, 5.74) is 1.38. The second-order valence-corrected chi connectivity index (χ2v) is 4.37. The van der Waals surface area contributed by atoms with Gasteiger partial charge in [0.1, 0.15) is 0 Å². The smallest absolute Gasteiger partial charge is 0.268 e. The van der Waals surface area contributed by atoms with Gasteiger partial charge in [-0.2, -0.15) is 0 Å². The summed E-state index contributed by atoms with van der Waals surface area (Å²) < 4.78 is 15.7. The largest absolute Gasteiger partial charge is 0.501 e. The van der Waals surface area contributed by atoms with Gasteiger partial charge in [0.05, 0.1) is 38.3 Å². The van der Waals surface area contributed by atoms with Crippen molar-refractivity contribution >= 4 is 23.1 Å². The summed E-state index contributed by atoms with van der Waals surface area (Å²) in [6.45, 7) is 3.58. The molecule has 21 heavy (non-hydrogen) atoms. The molecule has 0 saturated carbocycles. The van der Waals surface area contributed by atoms with Crippen molar-refractivity contribution in [2.45, 2.75) is 13.8 Å². The van der Waals surface area contributed by atoms with Gasteiger partial charge < -0.3 is 14.2 Å². The van der Waals surface area contributed by atoms with Crippen molar-refractivity contribution in [2.75, 3.05) is 25.7 Å². The normalized spacial score (nSPS) is 15.1. The highest BCUT2D eigenvalue weighted by atomic mass is 16.5. The number of carbonyl (C=O) groups excluding carboxylic acids is 2. The zero-order valence-electron chi connectivity index (χ0n) is 12.4. The number of carbonyl (C=O) groups is 2. The van der Waals surface area contributed by atoms with Crippen molar-refractivity contribution in [3.05, 3.63) is 24.0 Å². The third-order valence-electron chi connectivity index (χ3n) is 3.15. The Morgan fingerprint density at radius 2 is 1.86 bits per heavy atom. The highest BCUT2D eigenvalue weighted by Gasteiger charge is 2.37. The number of amides is 2. The lowest BCUT2D eigenvalue weighted by Gasteiger charge is -2.14. The van der Waals surface area contributed by atoms with E-state index in [4.69, 9.17) is 14.2 Å². The molecular weight excluding hydrogens is 274 g/mol. The summed E-state index contributed by atoms with van der Waals surface area (Å²) >= 11 is 0. The van der Waals surface area contributed by atoms with Crippen molar-refractivity contribution in [3.63, 3.8) is 0 Å². The number of methoxy groups -OCH3 is 2. The number of anilines is 1. The van der Waals surface area contributed by atoms with E-state index in [1.165, 1.54) is 27.4 Å². The fourth-order valence-electron chi connectivity index (χ4n) is 2.21.